The Bertz CT molecular complexity index is 726. The lowest BCUT2D eigenvalue weighted by Crippen LogP contribution is -2.39. The molecule has 9 heteroatoms. The Labute approximate surface area is 140 Å². The summed E-state index contributed by atoms with van der Waals surface area (Å²) < 4.78 is 55.3. The Morgan fingerprint density at radius 1 is 1.28 bits per heavy atom. The number of nitrogens with zero attached hydrogens (tertiary/aromatic N) is 3. The molecule has 1 heterocycles. The molecule has 1 amide bonds. The maximum Gasteiger partial charge on any atom is 0.406 e. The minimum absolute atomic E-state index is 0.00146. The third-order valence-electron chi connectivity index (χ3n) is 3.20. The van der Waals surface area contributed by atoms with Crippen LogP contribution in [0.3, 0.4) is 0 Å². The topological polar surface area (TPSA) is 59.2 Å². The van der Waals surface area contributed by atoms with Crippen LogP contribution in [0.4, 0.5) is 17.6 Å². The van der Waals surface area contributed by atoms with Crippen molar-refractivity contribution in [1.29, 1.82) is 0 Å². The molecule has 1 aromatic heterocycles. The van der Waals surface area contributed by atoms with Gasteiger partial charge in [-0.05, 0) is 24.3 Å². The Morgan fingerprint density at radius 2 is 1.96 bits per heavy atom. The zero-order valence-electron chi connectivity index (χ0n) is 13.1. The van der Waals surface area contributed by atoms with Gasteiger partial charge in [0.05, 0.1) is 0 Å². The fourth-order valence-electron chi connectivity index (χ4n) is 2.07. The number of aromatic nitrogens is 2. The molecule has 0 saturated carbocycles. The Morgan fingerprint density at radius 3 is 2.56 bits per heavy atom. The van der Waals surface area contributed by atoms with E-state index in [1.807, 2.05) is 0 Å². The normalized spacial score (nSPS) is 11.4. The van der Waals surface area contributed by atoms with Crippen molar-refractivity contribution >= 4 is 5.91 Å². The van der Waals surface area contributed by atoms with Crippen molar-refractivity contribution in [2.75, 3.05) is 13.1 Å². The number of alkyl halides is 3. The number of rotatable bonds is 7. The van der Waals surface area contributed by atoms with Crippen LogP contribution in [0.25, 0.3) is 11.4 Å². The first-order valence-corrected chi connectivity index (χ1v) is 7.32. The van der Waals surface area contributed by atoms with E-state index >= 15 is 0 Å². The van der Waals surface area contributed by atoms with Gasteiger partial charge in [-0.1, -0.05) is 11.2 Å². The molecule has 2 rings (SSSR count). The molecule has 0 aliphatic heterocycles. The molecule has 0 unspecified atom stereocenters. The molecule has 0 spiro atoms. The second-order valence-corrected chi connectivity index (χ2v) is 5.20. The number of carbonyl (C=O) groups excluding carboxylic acids is 1. The first-order valence-electron chi connectivity index (χ1n) is 7.32. The van der Waals surface area contributed by atoms with Gasteiger partial charge >= 0.3 is 6.18 Å². The molecule has 1 aromatic carbocycles. The van der Waals surface area contributed by atoms with Crippen molar-refractivity contribution in [1.82, 2.24) is 15.0 Å². The van der Waals surface area contributed by atoms with Crippen LogP contribution < -0.4 is 0 Å². The number of aryl methyl sites for hydroxylation is 1. The van der Waals surface area contributed by atoms with Gasteiger partial charge in [-0.3, -0.25) is 4.79 Å². The second kappa shape index (κ2) is 7.91. The Kier molecular flexibility index (Phi) is 5.89. The number of carbonyl (C=O) groups is 1. The van der Waals surface area contributed by atoms with Crippen molar-refractivity contribution in [2.45, 2.75) is 19.0 Å². The maximum atomic E-state index is 12.9. The third-order valence-corrected chi connectivity index (χ3v) is 3.20. The molecule has 0 N–H and O–H groups in total. The van der Waals surface area contributed by atoms with E-state index in [0.29, 0.717) is 10.5 Å². The molecule has 0 bridgehead atoms. The van der Waals surface area contributed by atoms with Crippen LogP contribution in [0, 0.1) is 5.82 Å². The zero-order chi connectivity index (χ0) is 18.4. The predicted octanol–water partition coefficient (Wildman–Crippen LogP) is 3.39. The highest BCUT2D eigenvalue weighted by atomic mass is 19.4. The van der Waals surface area contributed by atoms with Crippen molar-refractivity contribution < 1.29 is 26.9 Å². The molecule has 0 atom stereocenters. The van der Waals surface area contributed by atoms with E-state index in [1.165, 1.54) is 30.3 Å². The Balaban J connectivity index is 1.97. The number of hydrogen-bond donors (Lipinski definition) is 0. The molecule has 2 aromatic rings. The van der Waals surface area contributed by atoms with Gasteiger partial charge in [-0.15, -0.1) is 6.58 Å². The summed E-state index contributed by atoms with van der Waals surface area (Å²) in [5, 5.41) is 3.71. The minimum Gasteiger partial charge on any atom is -0.339 e. The van der Waals surface area contributed by atoms with Gasteiger partial charge in [0.25, 0.3) is 0 Å². The summed E-state index contributed by atoms with van der Waals surface area (Å²) in [7, 11) is 0. The van der Waals surface area contributed by atoms with Crippen LogP contribution in [0.5, 0.6) is 0 Å². The lowest BCUT2D eigenvalue weighted by Gasteiger charge is -2.22. The van der Waals surface area contributed by atoms with Gasteiger partial charge in [0.2, 0.25) is 17.6 Å². The zero-order valence-corrected chi connectivity index (χ0v) is 13.1. The predicted molar refractivity (Wildman–Crippen MR) is 80.8 cm³/mol. The van der Waals surface area contributed by atoms with Crippen LogP contribution in [-0.4, -0.2) is 40.2 Å². The van der Waals surface area contributed by atoms with E-state index in [0.717, 1.165) is 0 Å². The van der Waals surface area contributed by atoms with Gasteiger partial charge in [0.15, 0.2) is 0 Å². The second-order valence-electron chi connectivity index (χ2n) is 5.20. The van der Waals surface area contributed by atoms with Crippen LogP contribution in [0.15, 0.2) is 41.4 Å². The maximum absolute atomic E-state index is 12.9. The third kappa shape index (κ3) is 5.70. The first kappa shape index (κ1) is 18.6. The number of amides is 1. The standard InChI is InChI=1S/C16H15F4N3O2/c1-2-9-23(10-16(18,19)20)14(24)8-7-13-21-15(22-25-13)11-3-5-12(17)6-4-11/h2-6H,1,7-10H2. The monoisotopic (exact) mass is 357 g/mol. The first-order chi connectivity index (χ1) is 11.8. The highest BCUT2D eigenvalue weighted by Crippen LogP contribution is 2.19. The van der Waals surface area contributed by atoms with Gasteiger partial charge in [-0.25, -0.2) is 4.39 Å². The number of benzene rings is 1. The fraction of sp³-hybridized carbons (Fsp3) is 0.312. The van der Waals surface area contributed by atoms with Crippen molar-refractivity contribution in [3.8, 4) is 11.4 Å². The van der Waals surface area contributed by atoms with Crippen molar-refractivity contribution in [2.24, 2.45) is 0 Å². The van der Waals surface area contributed by atoms with Gasteiger partial charge in [-0.2, -0.15) is 18.2 Å². The molecule has 0 radical (unpaired) electrons. The fourth-order valence-corrected chi connectivity index (χ4v) is 2.07. The van der Waals surface area contributed by atoms with Crippen LogP contribution >= 0.6 is 0 Å². The average molecular weight is 357 g/mol. The summed E-state index contributed by atoms with van der Waals surface area (Å²) >= 11 is 0. The average Bonchev–Trinajstić information content (AvgIpc) is 3.00. The molecule has 0 aliphatic carbocycles. The van der Waals surface area contributed by atoms with Crippen LogP contribution in [0.1, 0.15) is 12.3 Å². The molecule has 5 nitrogen and oxygen atoms in total. The number of hydrogen-bond acceptors (Lipinski definition) is 4. The van der Waals surface area contributed by atoms with E-state index in [2.05, 4.69) is 16.7 Å². The summed E-state index contributed by atoms with van der Waals surface area (Å²) in [6.45, 7) is 1.80. The molecular weight excluding hydrogens is 342 g/mol. The van der Waals surface area contributed by atoms with Crippen molar-refractivity contribution in [3.63, 3.8) is 0 Å². The lowest BCUT2D eigenvalue weighted by molar-refractivity contribution is -0.160. The quantitative estimate of drug-likeness (QED) is 0.563. The summed E-state index contributed by atoms with van der Waals surface area (Å²) in [4.78, 5) is 16.7. The molecule has 0 fully saturated rings. The highest BCUT2D eigenvalue weighted by Gasteiger charge is 2.32. The van der Waals surface area contributed by atoms with E-state index < -0.39 is 24.4 Å². The van der Waals surface area contributed by atoms with E-state index in [-0.39, 0.29) is 31.1 Å². The van der Waals surface area contributed by atoms with Crippen LogP contribution in [0.2, 0.25) is 0 Å². The summed E-state index contributed by atoms with van der Waals surface area (Å²) in [6.07, 6.45) is -3.48. The van der Waals surface area contributed by atoms with Crippen molar-refractivity contribution in [3.05, 3.63) is 48.6 Å². The van der Waals surface area contributed by atoms with E-state index in [1.54, 1.807) is 0 Å². The van der Waals surface area contributed by atoms with E-state index in [9.17, 15) is 22.4 Å². The number of halogens is 4. The van der Waals surface area contributed by atoms with E-state index in [4.69, 9.17) is 4.52 Å². The largest absolute Gasteiger partial charge is 0.406 e. The minimum atomic E-state index is -4.49. The Hall–Kier alpha value is -2.71. The molecule has 0 aliphatic rings. The summed E-state index contributed by atoms with van der Waals surface area (Å²) in [6, 6.07) is 5.40. The van der Waals surface area contributed by atoms with Gasteiger partial charge < -0.3 is 9.42 Å². The smallest absolute Gasteiger partial charge is 0.339 e. The molecule has 25 heavy (non-hydrogen) atoms. The lowest BCUT2D eigenvalue weighted by atomic mass is 10.2. The van der Waals surface area contributed by atoms with Gasteiger partial charge in [0.1, 0.15) is 12.4 Å². The molecular formula is C16H15F4N3O2. The summed E-state index contributed by atoms with van der Waals surface area (Å²) in [5.41, 5.74) is 0.521. The highest BCUT2D eigenvalue weighted by molar-refractivity contribution is 5.76. The van der Waals surface area contributed by atoms with Crippen LogP contribution in [-0.2, 0) is 11.2 Å². The molecule has 134 valence electrons. The SMILES string of the molecule is C=CCN(CC(F)(F)F)C(=O)CCc1nc(-c2ccc(F)cc2)no1. The summed E-state index contributed by atoms with van der Waals surface area (Å²) in [5.74, 6) is -0.789. The molecule has 0 saturated heterocycles. The van der Waals surface area contributed by atoms with Gasteiger partial charge in [0, 0.05) is 24.9 Å².